The molecular weight excluding hydrogens is 210 g/mol. The van der Waals surface area contributed by atoms with Crippen molar-refractivity contribution in [3.8, 4) is 0 Å². The fourth-order valence-electron chi connectivity index (χ4n) is 1.59. The van der Waals surface area contributed by atoms with E-state index in [1.54, 1.807) is 7.11 Å². The maximum absolute atomic E-state index is 5.33. The van der Waals surface area contributed by atoms with Gasteiger partial charge < -0.3 is 14.8 Å². The highest BCUT2D eigenvalue weighted by molar-refractivity contribution is 7.99. The van der Waals surface area contributed by atoms with Gasteiger partial charge in [0, 0.05) is 32.1 Å². The maximum Gasteiger partial charge on any atom is 0.0587 e. The van der Waals surface area contributed by atoms with Crippen LogP contribution in [0.5, 0.6) is 0 Å². The zero-order chi connectivity index (χ0) is 10.8. The van der Waals surface area contributed by atoms with Gasteiger partial charge in [-0.05, 0) is 31.6 Å². The second-order valence-corrected chi connectivity index (χ2v) is 5.19. The quantitative estimate of drug-likeness (QED) is 0.644. The number of ether oxygens (including phenoxy) is 2. The van der Waals surface area contributed by atoms with Crippen LogP contribution in [0.1, 0.15) is 19.3 Å². The lowest BCUT2D eigenvalue weighted by Crippen LogP contribution is -2.21. The van der Waals surface area contributed by atoms with Gasteiger partial charge in [-0.1, -0.05) is 0 Å². The summed E-state index contributed by atoms with van der Waals surface area (Å²) in [7, 11) is 1.74. The van der Waals surface area contributed by atoms with Crippen LogP contribution < -0.4 is 5.32 Å². The van der Waals surface area contributed by atoms with Crippen LogP contribution in [0.4, 0.5) is 0 Å². The molecule has 15 heavy (non-hydrogen) atoms. The molecule has 1 N–H and O–H groups in total. The van der Waals surface area contributed by atoms with Crippen molar-refractivity contribution in [3.63, 3.8) is 0 Å². The Morgan fingerprint density at radius 2 is 2.13 bits per heavy atom. The highest BCUT2D eigenvalue weighted by Gasteiger charge is 2.13. The van der Waals surface area contributed by atoms with Gasteiger partial charge >= 0.3 is 0 Å². The van der Waals surface area contributed by atoms with Crippen molar-refractivity contribution < 1.29 is 9.47 Å². The van der Waals surface area contributed by atoms with Crippen molar-refractivity contribution in [3.05, 3.63) is 0 Å². The molecule has 0 saturated carbocycles. The molecule has 0 spiro atoms. The van der Waals surface area contributed by atoms with Crippen molar-refractivity contribution in [1.29, 1.82) is 0 Å². The number of hydrogen-bond acceptors (Lipinski definition) is 4. The van der Waals surface area contributed by atoms with Gasteiger partial charge in [-0.15, -0.1) is 0 Å². The van der Waals surface area contributed by atoms with Gasteiger partial charge in [0.1, 0.15) is 0 Å². The first-order chi connectivity index (χ1) is 7.43. The van der Waals surface area contributed by atoms with Gasteiger partial charge in [-0.3, -0.25) is 0 Å². The zero-order valence-electron chi connectivity index (χ0n) is 9.67. The Bertz CT molecular complexity index is 141. The first kappa shape index (κ1) is 13.3. The first-order valence-corrected chi connectivity index (χ1v) is 6.87. The molecule has 1 aliphatic heterocycles. The Morgan fingerprint density at radius 1 is 1.33 bits per heavy atom. The number of rotatable bonds is 8. The van der Waals surface area contributed by atoms with Gasteiger partial charge in [0.15, 0.2) is 0 Å². The molecule has 0 aromatic carbocycles. The Morgan fingerprint density at radius 3 is 2.87 bits per heavy atom. The average molecular weight is 233 g/mol. The summed E-state index contributed by atoms with van der Waals surface area (Å²) in [5.41, 5.74) is 0. The molecule has 1 heterocycles. The lowest BCUT2D eigenvalue weighted by atomic mass is 10.2. The fourth-order valence-corrected chi connectivity index (χ4v) is 2.76. The molecule has 1 aliphatic rings. The van der Waals surface area contributed by atoms with Gasteiger partial charge in [-0.25, -0.2) is 0 Å². The largest absolute Gasteiger partial charge is 0.383 e. The molecule has 0 amide bonds. The molecule has 0 bridgehead atoms. The summed E-state index contributed by atoms with van der Waals surface area (Å²) in [4.78, 5) is 0. The molecule has 0 radical (unpaired) electrons. The van der Waals surface area contributed by atoms with E-state index in [4.69, 9.17) is 9.47 Å². The minimum atomic E-state index is 0.813. The van der Waals surface area contributed by atoms with Gasteiger partial charge in [0.05, 0.1) is 6.61 Å². The Labute approximate surface area is 97.3 Å². The molecule has 1 fully saturated rings. The van der Waals surface area contributed by atoms with E-state index in [1.807, 2.05) is 0 Å². The third-order valence-electron chi connectivity index (χ3n) is 2.50. The molecule has 4 heteroatoms. The van der Waals surface area contributed by atoms with E-state index in [2.05, 4.69) is 17.1 Å². The number of nitrogens with one attached hydrogen (secondary N) is 1. The number of hydrogen-bond donors (Lipinski definition) is 1. The SMILES string of the molecule is COCCNCCCSC1CCOCC1. The molecule has 0 aliphatic carbocycles. The monoisotopic (exact) mass is 233 g/mol. The van der Waals surface area contributed by atoms with Crippen LogP contribution in [0.2, 0.25) is 0 Å². The number of thioether (sulfide) groups is 1. The Hall–Kier alpha value is 0.230. The van der Waals surface area contributed by atoms with Gasteiger partial charge in [0.25, 0.3) is 0 Å². The third-order valence-corrected chi connectivity index (χ3v) is 3.97. The standard InChI is InChI=1S/C11H23NO2S/c1-13-9-6-12-5-2-10-15-11-3-7-14-8-4-11/h11-12H,2-10H2,1H3. The van der Waals surface area contributed by atoms with E-state index in [-0.39, 0.29) is 0 Å². The molecule has 0 aromatic rings. The van der Waals surface area contributed by atoms with E-state index in [0.717, 1.165) is 38.2 Å². The van der Waals surface area contributed by atoms with Crippen LogP contribution in [-0.2, 0) is 9.47 Å². The van der Waals surface area contributed by atoms with Crippen LogP contribution in [0, 0.1) is 0 Å². The average Bonchev–Trinajstić information content (AvgIpc) is 2.29. The smallest absolute Gasteiger partial charge is 0.0587 e. The zero-order valence-corrected chi connectivity index (χ0v) is 10.5. The van der Waals surface area contributed by atoms with Crippen LogP contribution in [0.3, 0.4) is 0 Å². The fraction of sp³-hybridized carbons (Fsp3) is 1.00. The van der Waals surface area contributed by atoms with E-state index in [1.165, 1.54) is 25.0 Å². The van der Waals surface area contributed by atoms with Crippen molar-refractivity contribution in [2.75, 3.05) is 45.8 Å². The van der Waals surface area contributed by atoms with E-state index < -0.39 is 0 Å². The summed E-state index contributed by atoms with van der Waals surface area (Å²) in [6.07, 6.45) is 3.73. The highest BCUT2D eigenvalue weighted by atomic mass is 32.2. The third kappa shape index (κ3) is 7.17. The van der Waals surface area contributed by atoms with Crippen molar-refractivity contribution in [2.45, 2.75) is 24.5 Å². The van der Waals surface area contributed by atoms with Crippen LogP contribution in [0.15, 0.2) is 0 Å². The summed E-state index contributed by atoms with van der Waals surface area (Å²) in [5, 5.41) is 4.21. The second-order valence-electron chi connectivity index (χ2n) is 3.78. The van der Waals surface area contributed by atoms with Crippen LogP contribution in [-0.4, -0.2) is 51.0 Å². The van der Waals surface area contributed by atoms with Crippen molar-refractivity contribution in [2.24, 2.45) is 0 Å². The normalized spacial score (nSPS) is 18.2. The maximum atomic E-state index is 5.33. The Kier molecular flexibility index (Phi) is 8.38. The summed E-state index contributed by atoms with van der Waals surface area (Å²) in [6, 6.07) is 0. The topological polar surface area (TPSA) is 30.5 Å². The summed E-state index contributed by atoms with van der Waals surface area (Å²) < 4.78 is 10.3. The Balaban J connectivity index is 1.79. The number of methoxy groups -OCH3 is 1. The molecule has 0 atom stereocenters. The van der Waals surface area contributed by atoms with E-state index in [0.29, 0.717) is 0 Å². The molecule has 0 aromatic heterocycles. The minimum Gasteiger partial charge on any atom is -0.383 e. The molecule has 3 nitrogen and oxygen atoms in total. The van der Waals surface area contributed by atoms with Crippen molar-refractivity contribution >= 4 is 11.8 Å². The summed E-state index contributed by atoms with van der Waals surface area (Å²) >= 11 is 2.11. The van der Waals surface area contributed by atoms with E-state index >= 15 is 0 Å². The second kappa shape index (κ2) is 9.46. The minimum absolute atomic E-state index is 0.813. The highest BCUT2D eigenvalue weighted by Crippen LogP contribution is 2.22. The molecule has 0 unspecified atom stereocenters. The van der Waals surface area contributed by atoms with Gasteiger partial charge in [-0.2, -0.15) is 11.8 Å². The summed E-state index contributed by atoms with van der Waals surface area (Å²) in [6.45, 7) is 4.82. The lowest BCUT2D eigenvalue weighted by Gasteiger charge is -2.21. The first-order valence-electron chi connectivity index (χ1n) is 5.82. The summed E-state index contributed by atoms with van der Waals surface area (Å²) in [5.74, 6) is 1.27. The molecule has 1 rings (SSSR count). The predicted octanol–water partition coefficient (Wildman–Crippen LogP) is 1.52. The molecule has 1 saturated heterocycles. The lowest BCUT2D eigenvalue weighted by molar-refractivity contribution is 0.100. The molecular formula is C11H23NO2S. The molecule has 90 valence electrons. The van der Waals surface area contributed by atoms with Crippen LogP contribution in [0.25, 0.3) is 0 Å². The van der Waals surface area contributed by atoms with E-state index in [9.17, 15) is 0 Å². The van der Waals surface area contributed by atoms with Crippen LogP contribution >= 0.6 is 11.8 Å². The van der Waals surface area contributed by atoms with Crippen molar-refractivity contribution in [1.82, 2.24) is 5.32 Å². The van der Waals surface area contributed by atoms with Gasteiger partial charge in [0.2, 0.25) is 0 Å². The predicted molar refractivity (Wildman–Crippen MR) is 65.7 cm³/mol.